The van der Waals surface area contributed by atoms with Crippen LogP contribution in [0.25, 0.3) is 0 Å². The van der Waals surface area contributed by atoms with Crippen LogP contribution in [-0.4, -0.2) is 52.9 Å². The molecule has 0 bridgehead atoms. The van der Waals surface area contributed by atoms with E-state index >= 15 is 0 Å². The van der Waals surface area contributed by atoms with E-state index in [1.807, 2.05) is 35.2 Å². The van der Waals surface area contributed by atoms with Gasteiger partial charge in [0.25, 0.3) is 0 Å². The molecule has 6 heteroatoms. The molecule has 1 aliphatic carbocycles. The Bertz CT molecular complexity index is 577. The summed E-state index contributed by atoms with van der Waals surface area (Å²) in [5.74, 6) is -0.0366. The molecule has 2 amide bonds. The molecule has 1 saturated heterocycles. The third-order valence-electron chi connectivity index (χ3n) is 4.65. The van der Waals surface area contributed by atoms with Gasteiger partial charge in [0, 0.05) is 19.1 Å². The summed E-state index contributed by atoms with van der Waals surface area (Å²) in [7, 11) is 0. The maximum absolute atomic E-state index is 12.4. The highest BCUT2D eigenvalue weighted by Crippen LogP contribution is 2.29. The fourth-order valence-corrected chi connectivity index (χ4v) is 3.37. The van der Waals surface area contributed by atoms with Gasteiger partial charge < -0.3 is 14.5 Å². The lowest BCUT2D eigenvalue weighted by molar-refractivity contribution is -0.129. The van der Waals surface area contributed by atoms with Crippen molar-refractivity contribution in [3.63, 3.8) is 0 Å². The molecule has 0 spiro atoms. The molecule has 3 rings (SSSR count). The topological polar surface area (TPSA) is 49.9 Å². The van der Waals surface area contributed by atoms with Crippen LogP contribution in [0.5, 0.6) is 0 Å². The van der Waals surface area contributed by atoms with E-state index < -0.39 is 0 Å². The van der Waals surface area contributed by atoms with E-state index in [4.69, 9.17) is 16.3 Å². The van der Waals surface area contributed by atoms with Crippen molar-refractivity contribution < 1.29 is 14.3 Å². The SMILES string of the molecule is O=C(CCl)N(CC1CCCN1C(=O)OCc1ccccc1)C1CC1. The van der Waals surface area contributed by atoms with E-state index in [0.29, 0.717) is 19.1 Å². The van der Waals surface area contributed by atoms with Gasteiger partial charge >= 0.3 is 6.09 Å². The molecule has 1 atom stereocenters. The number of nitrogens with zero attached hydrogens (tertiary/aromatic N) is 2. The van der Waals surface area contributed by atoms with Gasteiger partial charge in [0.15, 0.2) is 0 Å². The summed E-state index contributed by atoms with van der Waals surface area (Å²) in [6, 6.07) is 9.98. The molecular formula is C18H23ClN2O3. The second-order valence-corrected chi connectivity index (χ2v) is 6.71. The second kappa shape index (κ2) is 7.88. The predicted octanol–water partition coefficient (Wildman–Crippen LogP) is 3.02. The van der Waals surface area contributed by atoms with Gasteiger partial charge in [0.1, 0.15) is 12.5 Å². The van der Waals surface area contributed by atoms with E-state index in [-0.39, 0.29) is 30.5 Å². The number of halogens is 1. The van der Waals surface area contributed by atoms with Gasteiger partial charge in [-0.2, -0.15) is 0 Å². The maximum Gasteiger partial charge on any atom is 0.410 e. The molecule has 0 aromatic heterocycles. The quantitative estimate of drug-likeness (QED) is 0.741. The number of amides is 2. The zero-order chi connectivity index (χ0) is 16.9. The van der Waals surface area contributed by atoms with Crippen molar-refractivity contribution in [1.29, 1.82) is 0 Å². The van der Waals surface area contributed by atoms with Crippen LogP contribution in [0.1, 0.15) is 31.2 Å². The molecule has 1 heterocycles. The predicted molar refractivity (Wildman–Crippen MR) is 91.8 cm³/mol. The Hall–Kier alpha value is -1.75. The Morgan fingerprint density at radius 2 is 1.96 bits per heavy atom. The van der Waals surface area contributed by atoms with Crippen molar-refractivity contribution in [2.24, 2.45) is 0 Å². The number of carbonyl (C=O) groups is 2. The lowest BCUT2D eigenvalue weighted by Gasteiger charge is -2.30. The van der Waals surface area contributed by atoms with Crippen LogP contribution in [0.2, 0.25) is 0 Å². The first-order valence-corrected chi connectivity index (χ1v) is 9.05. The molecular weight excluding hydrogens is 328 g/mol. The number of benzene rings is 1. The average molecular weight is 351 g/mol. The zero-order valence-electron chi connectivity index (χ0n) is 13.7. The van der Waals surface area contributed by atoms with E-state index in [9.17, 15) is 9.59 Å². The first-order valence-electron chi connectivity index (χ1n) is 8.52. The molecule has 1 aliphatic heterocycles. The lowest BCUT2D eigenvalue weighted by Crippen LogP contribution is -2.46. The monoisotopic (exact) mass is 350 g/mol. The Kier molecular flexibility index (Phi) is 5.61. The zero-order valence-corrected chi connectivity index (χ0v) is 14.5. The fraction of sp³-hybridized carbons (Fsp3) is 0.556. The van der Waals surface area contributed by atoms with Crippen LogP contribution in [0.3, 0.4) is 0 Å². The number of rotatable bonds is 6. The molecule has 2 fully saturated rings. The van der Waals surface area contributed by atoms with Gasteiger partial charge in [0.05, 0.1) is 6.04 Å². The largest absolute Gasteiger partial charge is 0.445 e. The van der Waals surface area contributed by atoms with Crippen LogP contribution >= 0.6 is 11.6 Å². The van der Waals surface area contributed by atoms with E-state index in [2.05, 4.69) is 0 Å². The molecule has 2 aliphatic rings. The summed E-state index contributed by atoms with van der Waals surface area (Å²) in [4.78, 5) is 28.0. The summed E-state index contributed by atoms with van der Waals surface area (Å²) in [5, 5.41) is 0. The van der Waals surface area contributed by atoms with Crippen LogP contribution in [0.4, 0.5) is 4.79 Å². The van der Waals surface area contributed by atoms with Gasteiger partial charge in [-0.1, -0.05) is 30.3 Å². The highest BCUT2D eigenvalue weighted by atomic mass is 35.5. The van der Waals surface area contributed by atoms with Gasteiger partial charge in [-0.05, 0) is 31.2 Å². The van der Waals surface area contributed by atoms with Gasteiger partial charge in [-0.15, -0.1) is 11.6 Å². The van der Waals surface area contributed by atoms with Gasteiger partial charge in [-0.3, -0.25) is 4.79 Å². The highest BCUT2D eigenvalue weighted by Gasteiger charge is 2.37. The number of ether oxygens (including phenoxy) is 1. The minimum atomic E-state index is -0.296. The van der Waals surface area contributed by atoms with Crippen LogP contribution < -0.4 is 0 Å². The molecule has 1 aromatic carbocycles. The number of hydrogen-bond donors (Lipinski definition) is 0. The Morgan fingerprint density at radius 3 is 2.62 bits per heavy atom. The minimum Gasteiger partial charge on any atom is -0.445 e. The Labute approximate surface area is 147 Å². The minimum absolute atomic E-state index is 0.00166. The van der Waals surface area contributed by atoms with Crippen LogP contribution in [0.15, 0.2) is 30.3 Å². The average Bonchev–Trinajstić information content (AvgIpc) is 3.35. The lowest BCUT2D eigenvalue weighted by atomic mass is 10.2. The van der Waals surface area contributed by atoms with Gasteiger partial charge in [-0.25, -0.2) is 4.79 Å². The smallest absolute Gasteiger partial charge is 0.410 e. The Morgan fingerprint density at radius 1 is 1.21 bits per heavy atom. The molecule has 1 saturated carbocycles. The van der Waals surface area contributed by atoms with Crippen molar-refractivity contribution in [1.82, 2.24) is 9.80 Å². The molecule has 0 N–H and O–H groups in total. The summed E-state index contributed by atoms with van der Waals surface area (Å²) in [6.07, 6.45) is 3.62. The first kappa shape index (κ1) is 17.1. The third-order valence-corrected chi connectivity index (χ3v) is 4.88. The highest BCUT2D eigenvalue weighted by molar-refractivity contribution is 6.27. The summed E-state index contributed by atoms with van der Waals surface area (Å²) >= 11 is 5.72. The Balaban J connectivity index is 1.56. The van der Waals surface area contributed by atoms with Crippen molar-refractivity contribution in [3.05, 3.63) is 35.9 Å². The molecule has 24 heavy (non-hydrogen) atoms. The fourth-order valence-electron chi connectivity index (χ4n) is 3.21. The molecule has 1 unspecified atom stereocenters. The summed E-state index contributed by atoms with van der Waals surface area (Å²) in [5.41, 5.74) is 0.971. The van der Waals surface area contributed by atoms with E-state index in [1.54, 1.807) is 4.90 Å². The molecule has 5 nitrogen and oxygen atoms in total. The number of likely N-dealkylation sites (tertiary alicyclic amines) is 1. The third kappa shape index (κ3) is 4.20. The van der Waals surface area contributed by atoms with Gasteiger partial charge in [0.2, 0.25) is 5.91 Å². The van der Waals surface area contributed by atoms with Crippen molar-refractivity contribution in [2.75, 3.05) is 19.0 Å². The standard InChI is InChI=1S/C18H23ClN2O3/c19-11-17(22)21(15-8-9-15)12-16-7-4-10-20(16)18(23)24-13-14-5-2-1-3-6-14/h1-3,5-6,15-16H,4,7-13H2. The molecule has 1 aromatic rings. The molecule has 0 radical (unpaired) electrons. The van der Waals surface area contributed by atoms with Crippen molar-refractivity contribution >= 4 is 23.6 Å². The summed E-state index contributed by atoms with van der Waals surface area (Å²) in [6.45, 7) is 1.53. The van der Waals surface area contributed by atoms with Crippen molar-refractivity contribution in [3.8, 4) is 0 Å². The van der Waals surface area contributed by atoms with E-state index in [0.717, 1.165) is 31.2 Å². The van der Waals surface area contributed by atoms with Crippen LogP contribution in [-0.2, 0) is 16.1 Å². The first-order chi connectivity index (χ1) is 11.7. The maximum atomic E-state index is 12.4. The number of alkyl halides is 1. The van der Waals surface area contributed by atoms with Crippen LogP contribution in [0, 0.1) is 0 Å². The number of carbonyl (C=O) groups excluding carboxylic acids is 2. The summed E-state index contributed by atoms with van der Waals surface area (Å²) < 4.78 is 5.44. The number of hydrogen-bond acceptors (Lipinski definition) is 3. The second-order valence-electron chi connectivity index (χ2n) is 6.44. The molecule has 130 valence electrons. The van der Waals surface area contributed by atoms with Crippen molar-refractivity contribution in [2.45, 2.75) is 44.4 Å². The normalized spacial score (nSPS) is 20.0. The van der Waals surface area contributed by atoms with E-state index in [1.165, 1.54) is 0 Å².